The van der Waals surface area contributed by atoms with Gasteiger partial charge in [-0.2, -0.15) is 0 Å². The third-order valence-electron chi connectivity index (χ3n) is 4.07. The smallest absolute Gasteiger partial charge is 0.309 e. The van der Waals surface area contributed by atoms with Gasteiger partial charge in [0.25, 0.3) is 0 Å². The third-order valence-corrected chi connectivity index (χ3v) is 4.07. The van der Waals surface area contributed by atoms with Crippen LogP contribution in [-0.4, -0.2) is 17.0 Å². The van der Waals surface area contributed by atoms with Crippen LogP contribution in [-0.2, 0) is 20.9 Å². The van der Waals surface area contributed by atoms with Gasteiger partial charge in [-0.15, -0.1) is 0 Å². The van der Waals surface area contributed by atoms with Crippen LogP contribution in [0.3, 0.4) is 0 Å². The Morgan fingerprint density at radius 1 is 1.19 bits per heavy atom. The van der Waals surface area contributed by atoms with Gasteiger partial charge in [0.1, 0.15) is 6.61 Å². The highest BCUT2D eigenvalue weighted by Crippen LogP contribution is 2.31. The first kappa shape index (κ1) is 15.5. The molecule has 0 heterocycles. The minimum absolute atomic E-state index is 0.135. The van der Waals surface area contributed by atoms with Crippen molar-refractivity contribution in [1.82, 2.24) is 0 Å². The Balaban J connectivity index is 1.88. The molecule has 0 aliphatic heterocycles. The minimum atomic E-state index is -0.936. The van der Waals surface area contributed by atoms with E-state index in [-0.39, 0.29) is 19.0 Å². The van der Waals surface area contributed by atoms with Crippen LogP contribution in [0.2, 0.25) is 0 Å². The normalized spacial score (nSPS) is 16.6. The number of aliphatic carboxylic acids is 1. The maximum atomic E-state index is 12.2. The van der Waals surface area contributed by atoms with Crippen molar-refractivity contribution in [1.29, 1.82) is 0 Å². The van der Waals surface area contributed by atoms with Gasteiger partial charge in [-0.05, 0) is 17.9 Å². The zero-order valence-electron chi connectivity index (χ0n) is 12.2. The molecule has 21 heavy (non-hydrogen) atoms. The van der Waals surface area contributed by atoms with Crippen LogP contribution in [0.15, 0.2) is 30.3 Å². The number of esters is 1. The van der Waals surface area contributed by atoms with Crippen molar-refractivity contribution in [3.63, 3.8) is 0 Å². The van der Waals surface area contributed by atoms with E-state index in [0.717, 1.165) is 18.4 Å². The van der Waals surface area contributed by atoms with Crippen molar-refractivity contribution in [2.75, 3.05) is 0 Å². The average Bonchev–Trinajstić information content (AvgIpc) is 2.98. The zero-order valence-corrected chi connectivity index (χ0v) is 12.2. The van der Waals surface area contributed by atoms with Crippen LogP contribution in [0, 0.1) is 11.8 Å². The molecule has 0 spiro atoms. The van der Waals surface area contributed by atoms with Crippen molar-refractivity contribution >= 4 is 11.9 Å². The largest absolute Gasteiger partial charge is 0.481 e. The molecule has 4 heteroatoms. The SMILES string of the molecule is O=C(O)CC(CC1CCCC1)C(=O)OCc1ccccc1. The Bertz CT molecular complexity index is 463. The lowest BCUT2D eigenvalue weighted by Crippen LogP contribution is -2.23. The molecule has 1 aliphatic rings. The lowest BCUT2D eigenvalue weighted by atomic mass is 9.91. The summed E-state index contributed by atoms with van der Waals surface area (Å²) < 4.78 is 5.30. The molecule has 0 saturated heterocycles. The number of rotatable bonds is 7. The van der Waals surface area contributed by atoms with Gasteiger partial charge in [0, 0.05) is 0 Å². The summed E-state index contributed by atoms with van der Waals surface area (Å²) >= 11 is 0. The highest BCUT2D eigenvalue weighted by molar-refractivity contribution is 5.79. The van der Waals surface area contributed by atoms with Crippen LogP contribution in [0.25, 0.3) is 0 Å². The molecule has 1 aromatic carbocycles. The predicted molar refractivity (Wildman–Crippen MR) is 78.6 cm³/mol. The second-order valence-corrected chi connectivity index (χ2v) is 5.77. The van der Waals surface area contributed by atoms with Gasteiger partial charge < -0.3 is 9.84 Å². The Morgan fingerprint density at radius 3 is 2.48 bits per heavy atom. The van der Waals surface area contributed by atoms with E-state index >= 15 is 0 Å². The summed E-state index contributed by atoms with van der Waals surface area (Å²) in [5.41, 5.74) is 0.917. The lowest BCUT2D eigenvalue weighted by Gasteiger charge is -2.18. The molecule has 114 valence electrons. The van der Waals surface area contributed by atoms with Gasteiger partial charge in [0.2, 0.25) is 0 Å². The standard InChI is InChI=1S/C17H22O4/c18-16(19)11-15(10-13-6-4-5-7-13)17(20)21-12-14-8-2-1-3-9-14/h1-3,8-9,13,15H,4-7,10-12H2,(H,18,19). The molecular weight excluding hydrogens is 268 g/mol. The molecule has 4 nitrogen and oxygen atoms in total. The molecule has 1 aromatic rings. The van der Waals surface area contributed by atoms with Crippen molar-refractivity contribution in [3.8, 4) is 0 Å². The van der Waals surface area contributed by atoms with E-state index in [9.17, 15) is 9.59 Å². The molecule has 1 N–H and O–H groups in total. The number of benzene rings is 1. The number of carboxylic acids is 1. The van der Waals surface area contributed by atoms with E-state index in [4.69, 9.17) is 9.84 Å². The van der Waals surface area contributed by atoms with Gasteiger partial charge in [0.15, 0.2) is 0 Å². The number of carboxylic acid groups (broad SMARTS) is 1. The van der Waals surface area contributed by atoms with E-state index in [1.165, 1.54) is 12.8 Å². The summed E-state index contributed by atoms with van der Waals surface area (Å²) in [4.78, 5) is 23.1. The summed E-state index contributed by atoms with van der Waals surface area (Å²) in [5.74, 6) is -1.37. The van der Waals surface area contributed by atoms with Gasteiger partial charge in [-0.3, -0.25) is 9.59 Å². The fourth-order valence-electron chi connectivity index (χ4n) is 2.97. The average molecular weight is 290 g/mol. The predicted octanol–water partition coefficient (Wildman–Crippen LogP) is 3.40. The monoisotopic (exact) mass is 290 g/mol. The van der Waals surface area contributed by atoms with Crippen LogP contribution in [0.4, 0.5) is 0 Å². The molecular formula is C17H22O4. The van der Waals surface area contributed by atoms with Crippen LogP contribution in [0.5, 0.6) is 0 Å². The minimum Gasteiger partial charge on any atom is -0.481 e. The van der Waals surface area contributed by atoms with E-state index in [0.29, 0.717) is 12.3 Å². The maximum absolute atomic E-state index is 12.2. The summed E-state index contributed by atoms with van der Waals surface area (Å²) in [6.45, 7) is 0.209. The first-order valence-corrected chi connectivity index (χ1v) is 7.57. The van der Waals surface area contributed by atoms with Crippen LogP contribution < -0.4 is 0 Å². The molecule has 2 rings (SSSR count). The van der Waals surface area contributed by atoms with Crippen LogP contribution >= 0.6 is 0 Å². The maximum Gasteiger partial charge on any atom is 0.309 e. The quantitative estimate of drug-likeness (QED) is 0.782. The van der Waals surface area contributed by atoms with E-state index in [1.807, 2.05) is 30.3 Å². The van der Waals surface area contributed by atoms with Crippen molar-refractivity contribution in [2.24, 2.45) is 11.8 Å². The van der Waals surface area contributed by atoms with Gasteiger partial charge >= 0.3 is 11.9 Å². The van der Waals surface area contributed by atoms with E-state index in [1.54, 1.807) is 0 Å². The number of hydrogen-bond donors (Lipinski definition) is 1. The van der Waals surface area contributed by atoms with Crippen molar-refractivity contribution in [2.45, 2.75) is 45.1 Å². The number of hydrogen-bond acceptors (Lipinski definition) is 3. The fraction of sp³-hybridized carbons (Fsp3) is 0.529. The number of ether oxygens (including phenoxy) is 1. The summed E-state index contributed by atoms with van der Waals surface area (Å²) in [5, 5.41) is 8.98. The molecule has 0 bridgehead atoms. The molecule has 0 aromatic heterocycles. The van der Waals surface area contributed by atoms with Gasteiger partial charge in [0.05, 0.1) is 12.3 Å². The topological polar surface area (TPSA) is 63.6 Å². The van der Waals surface area contributed by atoms with Crippen molar-refractivity contribution < 1.29 is 19.4 Å². The van der Waals surface area contributed by atoms with Crippen molar-refractivity contribution in [3.05, 3.63) is 35.9 Å². The Hall–Kier alpha value is -1.84. The summed E-state index contributed by atoms with van der Waals surface area (Å²) in [6, 6.07) is 9.44. The van der Waals surface area contributed by atoms with E-state index < -0.39 is 11.9 Å². The zero-order chi connectivity index (χ0) is 15.1. The Kier molecular flexibility index (Phi) is 5.78. The molecule has 0 radical (unpaired) electrons. The molecule has 1 saturated carbocycles. The van der Waals surface area contributed by atoms with Gasteiger partial charge in [-0.25, -0.2) is 0 Å². The fourth-order valence-corrected chi connectivity index (χ4v) is 2.97. The molecule has 0 amide bonds. The Labute approximate surface area is 125 Å². The molecule has 1 unspecified atom stereocenters. The van der Waals surface area contributed by atoms with Crippen LogP contribution in [0.1, 0.15) is 44.1 Å². The second kappa shape index (κ2) is 7.81. The lowest BCUT2D eigenvalue weighted by molar-refractivity contribution is -0.154. The highest BCUT2D eigenvalue weighted by atomic mass is 16.5. The molecule has 1 atom stereocenters. The highest BCUT2D eigenvalue weighted by Gasteiger charge is 2.28. The second-order valence-electron chi connectivity index (χ2n) is 5.77. The third kappa shape index (κ3) is 5.21. The first-order chi connectivity index (χ1) is 10.1. The summed E-state index contributed by atoms with van der Waals surface area (Å²) in [7, 11) is 0. The van der Waals surface area contributed by atoms with Gasteiger partial charge in [-0.1, -0.05) is 56.0 Å². The molecule has 1 fully saturated rings. The van der Waals surface area contributed by atoms with E-state index in [2.05, 4.69) is 0 Å². The first-order valence-electron chi connectivity index (χ1n) is 7.57. The summed E-state index contributed by atoms with van der Waals surface area (Å²) in [6.07, 6.45) is 5.07. The number of carbonyl (C=O) groups excluding carboxylic acids is 1. The number of carbonyl (C=O) groups is 2. The molecule has 1 aliphatic carbocycles. The Morgan fingerprint density at radius 2 is 1.86 bits per heavy atom.